The highest BCUT2D eigenvalue weighted by Crippen LogP contribution is 2.38. The van der Waals surface area contributed by atoms with Gasteiger partial charge in [-0.25, -0.2) is 0 Å². The van der Waals surface area contributed by atoms with E-state index in [2.05, 4.69) is 10.6 Å². The maximum absolute atomic E-state index is 12.3. The summed E-state index contributed by atoms with van der Waals surface area (Å²) in [6.45, 7) is 2.16. The molecule has 1 aliphatic carbocycles. The van der Waals surface area contributed by atoms with Crippen LogP contribution in [0.5, 0.6) is 0 Å². The number of thiophene rings is 1. The number of carbonyl (C=O) groups is 1. The lowest BCUT2D eigenvalue weighted by Crippen LogP contribution is -2.45. The molecule has 2 aliphatic rings. The van der Waals surface area contributed by atoms with Crippen molar-refractivity contribution in [2.45, 2.75) is 31.7 Å². The van der Waals surface area contributed by atoms with E-state index in [4.69, 9.17) is 11.6 Å². The van der Waals surface area contributed by atoms with Crippen LogP contribution in [0.1, 0.15) is 35.4 Å². The zero-order chi connectivity index (χ0) is 13.2. The molecule has 3 rings (SSSR count). The molecule has 2 fully saturated rings. The molecule has 0 aromatic carbocycles. The Bertz CT molecular complexity index is 452. The minimum atomic E-state index is 0.0485. The maximum Gasteiger partial charge on any atom is 0.261 e. The summed E-state index contributed by atoms with van der Waals surface area (Å²) in [5.41, 5.74) is 0. The van der Waals surface area contributed by atoms with E-state index in [1.807, 2.05) is 6.07 Å². The third-order valence-electron chi connectivity index (χ3n) is 4.12. The SMILES string of the molecule is O=C(NC(C1CCNCC1)C1CC1)c1ccc(Cl)s1. The largest absolute Gasteiger partial charge is 0.348 e. The van der Waals surface area contributed by atoms with Gasteiger partial charge >= 0.3 is 0 Å². The normalized spacial score (nSPS) is 22.2. The van der Waals surface area contributed by atoms with Gasteiger partial charge in [0, 0.05) is 6.04 Å². The lowest BCUT2D eigenvalue weighted by Gasteiger charge is -2.31. The molecule has 2 N–H and O–H groups in total. The van der Waals surface area contributed by atoms with E-state index >= 15 is 0 Å². The summed E-state index contributed by atoms with van der Waals surface area (Å²) >= 11 is 7.25. The van der Waals surface area contributed by atoms with Crippen molar-refractivity contribution in [1.82, 2.24) is 10.6 Å². The zero-order valence-electron chi connectivity index (χ0n) is 10.8. The minimum Gasteiger partial charge on any atom is -0.348 e. The third kappa shape index (κ3) is 3.30. The van der Waals surface area contributed by atoms with Crippen LogP contribution < -0.4 is 10.6 Å². The van der Waals surface area contributed by atoms with Crippen molar-refractivity contribution in [3.63, 3.8) is 0 Å². The van der Waals surface area contributed by atoms with Crippen LogP contribution >= 0.6 is 22.9 Å². The number of halogens is 1. The van der Waals surface area contributed by atoms with Crippen LogP contribution in [0.4, 0.5) is 0 Å². The first-order valence-electron chi connectivity index (χ1n) is 7.01. The first-order valence-corrected chi connectivity index (χ1v) is 8.20. The molecule has 1 saturated heterocycles. The Morgan fingerprint density at radius 3 is 2.53 bits per heavy atom. The lowest BCUT2D eigenvalue weighted by atomic mass is 9.87. The van der Waals surface area contributed by atoms with Gasteiger partial charge in [-0.1, -0.05) is 11.6 Å². The second-order valence-corrected chi connectivity index (χ2v) is 7.24. The summed E-state index contributed by atoms with van der Waals surface area (Å²) in [6, 6.07) is 3.96. The van der Waals surface area contributed by atoms with Gasteiger partial charge < -0.3 is 10.6 Å². The Morgan fingerprint density at radius 1 is 1.26 bits per heavy atom. The molecule has 2 heterocycles. The molecule has 104 valence electrons. The van der Waals surface area contributed by atoms with Crippen LogP contribution in [-0.2, 0) is 0 Å². The van der Waals surface area contributed by atoms with Crippen LogP contribution in [0.15, 0.2) is 12.1 Å². The second kappa shape index (κ2) is 5.81. The van der Waals surface area contributed by atoms with Crippen LogP contribution in [0.3, 0.4) is 0 Å². The topological polar surface area (TPSA) is 41.1 Å². The average molecular weight is 299 g/mol. The third-order valence-corrected chi connectivity index (χ3v) is 5.35. The van der Waals surface area contributed by atoms with Crippen LogP contribution in [0.2, 0.25) is 4.34 Å². The van der Waals surface area contributed by atoms with Gasteiger partial charge in [0.15, 0.2) is 0 Å². The average Bonchev–Trinajstić information content (AvgIpc) is 3.18. The van der Waals surface area contributed by atoms with Crippen LogP contribution in [-0.4, -0.2) is 25.0 Å². The Balaban J connectivity index is 1.65. The number of piperidine rings is 1. The Morgan fingerprint density at radius 2 is 1.95 bits per heavy atom. The van der Waals surface area contributed by atoms with E-state index in [-0.39, 0.29) is 5.91 Å². The van der Waals surface area contributed by atoms with Gasteiger partial charge in [-0.15, -0.1) is 11.3 Å². The Hall–Kier alpha value is -0.580. The van der Waals surface area contributed by atoms with E-state index in [9.17, 15) is 4.79 Å². The van der Waals surface area contributed by atoms with Gasteiger partial charge in [-0.05, 0) is 62.7 Å². The maximum atomic E-state index is 12.3. The predicted octanol–water partition coefficient (Wildman–Crippen LogP) is 2.91. The highest BCUT2D eigenvalue weighted by Gasteiger charge is 2.38. The van der Waals surface area contributed by atoms with E-state index in [1.165, 1.54) is 37.0 Å². The van der Waals surface area contributed by atoms with Gasteiger partial charge in [0.25, 0.3) is 5.91 Å². The summed E-state index contributed by atoms with van der Waals surface area (Å²) in [5, 5.41) is 6.65. The van der Waals surface area contributed by atoms with E-state index < -0.39 is 0 Å². The monoisotopic (exact) mass is 298 g/mol. The van der Waals surface area contributed by atoms with Gasteiger partial charge in [-0.3, -0.25) is 4.79 Å². The van der Waals surface area contributed by atoms with Crippen molar-refractivity contribution in [3.8, 4) is 0 Å². The summed E-state index contributed by atoms with van der Waals surface area (Å²) in [4.78, 5) is 13.0. The number of rotatable bonds is 4. The highest BCUT2D eigenvalue weighted by atomic mass is 35.5. The summed E-state index contributed by atoms with van der Waals surface area (Å²) in [5.74, 6) is 1.38. The number of hydrogen-bond donors (Lipinski definition) is 2. The molecule has 1 aromatic heterocycles. The molecule has 19 heavy (non-hydrogen) atoms. The fourth-order valence-electron chi connectivity index (χ4n) is 2.94. The molecule has 3 nitrogen and oxygen atoms in total. The van der Waals surface area contributed by atoms with Gasteiger partial charge in [0.05, 0.1) is 9.21 Å². The molecule has 1 aromatic rings. The Labute approximate surface area is 122 Å². The zero-order valence-corrected chi connectivity index (χ0v) is 12.4. The van der Waals surface area contributed by atoms with Crippen molar-refractivity contribution in [2.24, 2.45) is 11.8 Å². The number of carbonyl (C=O) groups excluding carboxylic acids is 1. The van der Waals surface area contributed by atoms with Crippen molar-refractivity contribution in [1.29, 1.82) is 0 Å². The predicted molar refractivity (Wildman–Crippen MR) is 78.9 cm³/mol. The number of hydrogen-bond acceptors (Lipinski definition) is 3. The van der Waals surface area contributed by atoms with Crippen molar-refractivity contribution < 1.29 is 4.79 Å². The lowest BCUT2D eigenvalue weighted by molar-refractivity contribution is 0.0909. The molecular weight excluding hydrogens is 280 g/mol. The van der Waals surface area contributed by atoms with Gasteiger partial charge in [-0.2, -0.15) is 0 Å². The molecule has 1 aliphatic heterocycles. The van der Waals surface area contributed by atoms with Crippen molar-refractivity contribution in [2.75, 3.05) is 13.1 Å². The standard InChI is InChI=1S/C14H19ClN2OS/c15-12-4-3-11(19-12)14(18)17-13(9-1-2-9)10-5-7-16-8-6-10/h3-4,9-10,13,16H,1-2,5-8H2,(H,17,18). The molecule has 0 spiro atoms. The molecule has 5 heteroatoms. The molecule has 1 saturated carbocycles. The van der Waals surface area contributed by atoms with E-state index in [0.29, 0.717) is 22.2 Å². The van der Waals surface area contributed by atoms with Crippen LogP contribution in [0, 0.1) is 11.8 Å². The highest BCUT2D eigenvalue weighted by molar-refractivity contribution is 7.17. The smallest absolute Gasteiger partial charge is 0.261 e. The number of amides is 1. The first kappa shape index (κ1) is 13.4. The second-order valence-electron chi connectivity index (χ2n) is 5.53. The molecule has 1 atom stereocenters. The quantitative estimate of drug-likeness (QED) is 0.897. The van der Waals surface area contributed by atoms with Crippen LogP contribution in [0.25, 0.3) is 0 Å². The molecule has 0 bridgehead atoms. The minimum absolute atomic E-state index is 0.0485. The summed E-state index contributed by atoms with van der Waals surface area (Å²) < 4.78 is 0.676. The molecule has 1 unspecified atom stereocenters. The summed E-state index contributed by atoms with van der Waals surface area (Å²) in [7, 11) is 0. The van der Waals surface area contributed by atoms with Gasteiger partial charge in [0.1, 0.15) is 0 Å². The number of nitrogens with one attached hydrogen (secondary N) is 2. The molecule has 1 amide bonds. The fraction of sp³-hybridized carbons (Fsp3) is 0.643. The van der Waals surface area contributed by atoms with Gasteiger partial charge in [0.2, 0.25) is 0 Å². The van der Waals surface area contributed by atoms with E-state index in [1.54, 1.807) is 6.07 Å². The van der Waals surface area contributed by atoms with E-state index in [0.717, 1.165) is 18.0 Å². The molecule has 0 radical (unpaired) electrons. The first-order chi connectivity index (χ1) is 9.24. The Kier molecular flexibility index (Phi) is 4.10. The summed E-state index contributed by atoms with van der Waals surface area (Å²) in [6.07, 6.45) is 4.87. The molecular formula is C14H19ClN2OS. The van der Waals surface area contributed by atoms with Crippen molar-refractivity contribution >= 4 is 28.8 Å². The van der Waals surface area contributed by atoms with Crippen molar-refractivity contribution in [3.05, 3.63) is 21.3 Å². The fourth-order valence-corrected chi connectivity index (χ4v) is 3.88.